The van der Waals surface area contributed by atoms with Gasteiger partial charge in [-0.15, -0.1) is 0 Å². The Morgan fingerprint density at radius 3 is 1.77 bits per heavy atom. The average molecular weight is 540 g/mol. The van der Waals surface area contributed by atoms with E-state index >= 15 is 0 Å². The zero-order valence-electron chi connectivity index (χ0n) is 23.2. The molecule has 8 nitrogen and oxygen atoms in total. The summed E-state index contributed by atoms with van der Waals surface area (Å²) in [6.45, 7) is 7.51. The van der Waals surface area contributed by atoms with Crippen molar-refractivity contribution in [2.24, 2.45) is 0 Å². The molecule has 0 bridgehead atoms. The fourth-order valence-corrected chi connectivity index (χ4v) is 4.32. The number of carbonyl (C=O) groups excluding carboxylic acids is 1. The second kappa shape index (κ2) is 17.2. The second-order valence-electron chi connectivity index (χ2n) is 9.78. The van der Waals surface area contributed by atoms with E-state index < -0.39 is 11.9 Å². The summed E-state index contributed by atoms with van der Waals surface area (Å²) in [5.41, 5.74) is 4.99. The average Bonchev–Trinajstić information content (AvgIpc) is 2.92. The van der Waals surface area contributed by atoms with Crippen molar-refractivity contribution in [2.75, 3.05) is 26.7 Å². The van der Waals surface area contributed by atoms with Crippen LogP contribution >= 0.6 is 0 Å². The van der Waals surface area contributed by atoms with E-state index in [1.165, 1.54) is 29.4 Å². The monoisotopic (exact) mass is 539 g/mol. The molecule has 0 unspecified atom stereocenters. The summed E-state index contributed by atoms with van der Waals surface area (Å²) >= 11 is 0. The Morgan fingerprint density at radius 2 is 1.33 bits per heavy atom. The van der Waals surface area contributed by atoms with Crippen molar-refractivity contribution in [3.63, 3.8) is 0 Å². The van der Waals surface area contributed by atoms with Gasteiger partial charge in [0.25, 0.3) is 0 Å². The number of piperidine rings is 1. The molecule has 2 aromatic carbocycles. The minimum absolute atomic E-state index is 0.0175. The summed E-state index contributed by atoms with van der Waals surface area (Å²) in [4.78, 5) is 32.8. The molecule has 0 aromatic heterocycles. The fraction of sp³-hybridized carbons (Fsp3) is 0.452. The second-order valence-corrected chi connectivity index (χ2v) is 9.78. The molecule has 3 rings (SSSR count). The Morgan fingerprint density at radius 1 is 0.846 bits per heavy atom. The van der Waals surface area contributed by atoms with Crippen LogP contribution in [0.3, 0.4) is 0 Å². The van der Waals surface area contributed by atoms with E-state index in [1.54, 1.807) is 0 Å². The third-order valence-electron chi connectivity index (χ3n) is 6.57. The lowest BCUT2D eigenvalue weighted by atomic mass is 9.98. The number of likely N-dealkylation sites (tertiary alicyclic amines) is 1. The number of carbonyl (C=O) groups is 3. The number of ether oxygens (including phenoxy) is 2. The number of hydrogen-bond donors (Lipinski definition) is 2. The summed E-state index contributed by atoms with van der Waals surface area (Å²) in [5, 5.41) is 15.6. The molecule has 0 amide bonds. The van der Waals surface area contributed by atoms with E-state index in [9.17, 15) is 14.4 Å². The van der Waals surface area contributed by atoms with Gasteiger partial charge in [-0.05, 0) is 57.2 Å². The Labute approximate surface area is 231 Å². The molecule has 0 aliphatic carbocycles. The van der Waals surface area contributed by atoms with Gasteiger partial charge in [-0.25, -0.2) is 9.59 Å². The highest BCUT2D eigenvalue weighted by molar-refractivity contribution is 5.89. The number of carboxylic acids is 2. The molecule has 1 aliphatic rings. The van der Waals surface area contributed by atoms with Gasteiger partial charge in [0.15, 0.2) is 0 Å². The van der Waals surface area contributed by atoms with Crippen molar-refractivity contribution in [3.05, 3.63) is 82.9 Å². The van der Waals surface area contributed by atoms with Crippen LogP contribution in [0, 0.1) is 13.8 Å². The SMILES string of the molecule is COC(=O)CCCCCN1CCC(OC(c2ccc(C)cc2)c2ccc(C)cc2)CC1.O=C(O)/C=C/C(=O)O. The number of esters is 1. The van der Waals surface area contributed by atoms with Gasteiger partial charge in [-0.1, -0.05) is 66.1 Å². The minimum atomic E-state index is -1.26. The number of aliphatic carboxylic acids is 2. The van der Waals surface area contributed by atoms with Gasteiger partial charge < -0.3 is 24.6 Å². The molecule has 0 spiro atoms. The Kier molecular flexibility index (Phi) is 14.0. The van der Waals surface area contributed by atoms with Crippen molar-refractivity contribution in [3.8, 4) is 0 Å². The lowest BCUT2D eigenvalue weighted by Crippen LogP contribution is -2.38. The molecule has 0 radical (unpaired) electrons. The molecule has 1 saturated heterocycles. The molecule has 1 fully saturated rings. The predicted octanol–water partition coefficient (Wildman–Crippen LogP) is 5.32. The summed E-state index contributed by atoms with van der Waals surface area (Å²) in [5.74, 6) is -2.62. The Bertz CT molecular complexity index is 994. The van der Waals surface area contributed by atoms with Crippen LogP contribution in [-0.4, -0.2) is 65.9 Å². The first-order chi connectivity index (χ1) is 18.7. The van der Waals surface area contributed by atoms with Gasteiger partial charge in [0, 0.05) is 31.7 Å². The van der Waals surface area contributed by atoms with Gasteiger partial charge >= 0.3 is 17.9 Å². The van der Waals surface area contributed by atoms with Crippen LogP contribution in [0.5, 0.6) is 0 Å². The fourth-order valence-electron chi connectivity index (χ4n) is 4.32. The number of methoxy groups -OCH3 is 1. The first kappa shape index (κ1) is 31.7. The molecule has 39 heavy (non-hydrogen) atoms. The highest BCUT2D eigenvalue weighted by Gasteiger charge is 2.24. The predicted molar refractivity (Wildman–Crippen MR) is 150 cm³/mol. The minimum Gasteiger partial charge on any atom is -0.478 e. The maximum absolute atomic E-state index is 11.2. The lowest BCUT2D eigenvalue weighted by molar-refractivity contribution is -0.140. The van der Waals surface area contributed by atoms with E-state index in [0.29, 0.717) is 18.6 Å². The van der Waals surface area contributed by atoms with E-state index in [2.05, 4.69) is 67.3 Å². The number of unbranched alkanes of at least 4 members (excludes halogenated alkanes) is 2. The number of nitrogens with zero attached hydrogens (tertiary/aromatic N) is 1. The van der Waals surface area contributed by atoms with Crippen LogP contribution in [-0.2, 0) is 23.9 Å². The van der Waals surface area contributed by atoms with E-state index in [-0.39, 0.29) is 18.2 Å². The zero-order valence-corrected chi connectivity index (χ0v) is 23.2. The smallest absolute Gasteiger partial charge is 0.328 e. The lowest BCUT2D eigenvalue weighted by Gasteiger charge is -2.34. The third kappa shape index (κ3) is 12.7. The zero-order chi connectivity index (χ0) is 28.6. The van der Waals surface area contributed by atoms with Crippen LogP contribution in [0.4, 0.5) is 0 Å². The first-order valence-electron chi connectivity index (χ1n) is 13.4. The number of benzene rings is 2. The van der Waals surface area contributed by atoms with Crippen LogP contribution in [0.2, 0.25) is 0 Å². The van der Waals surface area contributed by atoms with Gasteiger partial charge in [0.05, 0.1) is 13.2 Å². The van der Waals surface area contributed by atoms with Crippen molar-refractivity contribution in [1.82, 2.24) is 4.90 Å². The number of rotatable bonds is 12. The molecule has 0 atom stereocenters. The van der Waals surface area contributed by atoms with Crippen LogP contribution in [0.1, 0.15) is 66.9 Å². The largest absolute Gasteiger partial charge is 0.478 e. The van der Waals surface area contributed by atoms with Gasteiger partial charge in [-0.3, -0.25) is 4.79 Å². The summed E-state index contributed by atoms with van der Waals surface area (Å²) in [7, 11) is 1.46. The summed E-state index contributed by atoms with van der Waals surface area (Å²) < 4.78 is 11.4. The maximum Gasteiger partial charge on any atom is 0.328 e. The first-order valence-corrected chi connectivity index (χ1v) is 13.4. The number of hydrogen-bond acceptors (Lipinski definition) is 6. The van der Waals surface area contributed by atoms with Crippen LogP contribution in [0.25, 0.3) is 0 Å². The quantitative estimate of drug-likeness (QED) is 0.212. The molecular formula is C31H41NO7. The highest BCUT2D eigenvalue weighted by atomic mass is 16.5. The molecule has 2 aromatic rings. The molecule has 0 saturated carbocycles. The summed E-state index contributed by atoms with van der Waals surface area (Å²) in [6.07, 6.45) is 7.18. The molecule has 1 aliphatic heterocycles. The van der Waals surface area contributed by atoms with Gasteiger partial charge in [0.2, 0.25) is 0 Å². The van der Waals surface area contributed by atoms with Crippen LogP contribution in [0.15, 0.2) is 60.7 Å². The van der Waals surface area contributed by atoms with E-state index in [1.807, 2.05) is 0 Å². The highest BCUT2D eigenvalue weighted by Crippen LogP contribution is 2.30. The third-order valence-corrected chi connectivity index (χ3v) is 6.57. The Hall–Kier alpha value is -3.49. The van der Waals surface area contributed by atoms with Gasteiger partial charge in [-0.2, -0.15) is 0 Å². The molecule has 8 heteroatoms. The number of carboxylic acid groups (broad SMARTS) is 2. The maximum atomic E-state index is 11.2. The topological polar surface area (TPSA) is 113 Å². The molecule has 2 N–H and O–H groups in total. The van der Waals surface area contributed by atoms with Crippen molar-refractivity contribution < 1.29 is 34.1 Å². The summed E-state index contributed by atoms with van der Waals surface area (Å²) in [6, 6.07) is 17.5. The number of aryl methyl sites for hydroxylation is 2. The molecule has 1 heterocycles. The van der Waals surface area contributed by atoms with Gasteiger partial charge in [0.1, 0.15) is 6.10 Å². The Balaban J connectivity index is 0.000000580. The normalized spacial score (nSPS) is 14.2. The molecule has 212 valence electrons. The van der Waals surface area contributed by atoms with Crippen molar-refractivity contribution in [2.45, 2.75) is 64.6 Å². The standard InChI is InChI=1S/C27H37NO3.C4H4O4/c1-21-8-12-23(13-9-21)27(24-14-10-22(2)11-15-24)31-25-16-19-28(20-17-25)18-6-4-5-7-26(29)30-3;5-3(6)1-2-4(7)8/h8-15,25,27H,4-7,16-20H2,1-3H3;1-2H,(H,5,6)(H,7,8)/b;2-1+. The molecular weight excluding hydrogens is 498 g/mol. The van der Waals surface area contributed by atoms with Crippen molar-refractivity contribution >= 4 is 17.9 Å². The van der Waals surface area contributed by atoms with E-state index in [4.69, 9.17) is 19.7 Å². The van der Waals surface area contributed by atoms with Crippen molar-refractivity contribution in [1.29, 1.82) is 0 Å². The van der Waals surface area contributed by atoms with E-state index in [0.717, 1.165) is 51.7 Å². The van der Waals surface area contributed by atoms with Crippen LogP contribution < -0.4 is 0 Å².